The van der Waals surface area contributed by atoms with E-state index in [4.69, 9.17) is 16.3 Å². The second-order valence-corrected chi connectivity index (χ2v) is 5.09. The molecule has 2 aromatic rings. The lowest BCUT2D eigenvalue weighted by Gasteiger charge is -2.18. The molecule has 2 unspecified atom stereocenters. The zero-order valence-corrected chi connectivity index (χ0v) is 11.3. The van der Waals surface area contributed by atoms with Gasteiger partial charge in [-0.05, 0) is 31.9 Å². The Kier molecular flexibility index (Phi) is 2.99. The number of hydrogen-bond acceptors (Lipinski definition) is 3. The maximum absolute atomic E-state index is 6.02. The van der Waals surface area contributed by atoms with Gasteiger partial charge >= 0.3 is 0 Å². The highest BCUT2D eigenvalue weighted by atomic mass is 35.5. The van der Waals surface area contributed by atoms with Crippen molar-refractivity contribution in [2.24, 2.45) is 0 Å². The van der Waals surface area contributed by atoms with Crippen molar-refractivity contribution < 1.29 is 4.74 Å². The van der Waals surface area contributed by atoms with Crippen LogP contribution in [0.4, 0.5) is 0 Å². The van der Waals surface area contributed by atoms with E-state index in [2.05, 4.69) is 27.5 Å². The molecule has 3 rings (SSSR count). The van der Waals surface area contributed by atoms with Crippen LogP contribution in [0.25, 0.3) is 11.2 Å². The van der Waals surface area contributed by atoms with Gasteiger partial charge in [0.2, 0.25) is 0 Å². The van der Waals surface area contributed by atoms with Crippen molar-refractivity contribution in [3.8, 4) is 0 Å². The molecule has 0 radical (unpaired) electrons. The van der Waals surface area contributed by atoms with Crippen LogP contribution in [0.5, 0.6) is 0 Å². The van der Waals surface area contributed by atoms with Gasteiger partial charge in [0, 0.05) is 12.8 Å². The van der Waals surface area contributed by atoms with Crippen LogP contribution in [0.1, 0.15) is 30.8 Å². The Morgan fingerprint density at radius 3 is 3.06 bits per heavy atom. The van der Waals surface area contributed by atoms with Gasteiger partial charge in [0.25, 0.3) is 0 Å². The summed E-state index contributed by atoms with van der Waals surface area (Å²) in [5.41, 5.74) is 2.95. The molecule has 5 heteroatoms. The van der Waals surface area contributed by atoms with Gasteiger partial charge in [-0.3, -0.25) is 0 Å². The quantitative estimate of drug-likeness (QED) is 0.784. The van der Waals surface area contributed by atoms with E-state index in [1.807, 2.05) is 13.1 Å². The minimum atomic E-state index is 0.187. The average molecular weight is 266 g/mol. The number of halogens is 1. The van der Waals surface area contributed by atoms with E-state index in [1.54, 1.807) is 0 Å². The summed E-state index contributed by atoms with van der Waals surface area (Å²) in [5.74, 6) is 1.28. The standard InChI is InChI=1S/C13H16ClN3O/c1-8-5-10-13(15-7-8)17(12(6-14)16-10)11-3-4-18-9(11)2/h5,7,9,11H,3-4,6H2,1-2H3. The molecule has 2 atom stereocenters. The first-order valence-corrected chi connectivity index (χ1v) is 6.75. The number of pyridine rings is 1. The van der Waals surface area contributed by atoms with E-state index < -0.39 is 0 Å². The van der Waals surface area contributed by atoms with Crippen LogP contribution in [0.2, 0.25) is 0 Å². The lowest BCUT2D eigenvalue weighted by molar-refractivity contribution is 0.108. The predicted molar refractivity (Wildman–Crippen MR) is 70.9 cm³/mol. The molecule has 1 fully saturated rings. The van der Waals surface area contributed by atoms with Crippen LogP contribution in [0.3, 0.4) is 0 Å². The highest BCUT2D eigenvalue weighted by molar-refractivity contribution is 6.16. The molecule has 18 heavy (non-hydrogen) atoms. The Bertz CT molecular complexity index is 581. The summed E-state index contributed by atoms with van der Waals surface area (Å²) >= 11 is 6.02. The van der Waals surface area contributed by atoms with E-state index in [9.17, 15) is 0 Å². The number of alkyl halides is 1. The van der Waals surface area contributed by atoms with Gasteiger partial charge in [0.15, 0.2) is 5.65 Å². The third-order valence-corrected chi connectivity index (χ3v) is 3.77. The summed E-state index contributed by atoms with van der Waals surface area (Å²) in [6, 6.07) is 2.34. The van der Waals surface area contributed by atoms with E-state index in [-0.39, 0.29) is 6.10 Å². The number of imidazole rings is 1. The van der Waals surface area contributed by atoms with Crippen molar-refractivity contribution in [1.82, 2.24) is 14.5 Å². The maximum atomic E-state index is 6.02. The van der Waals surface area contributed by atoms with Gasteiger partial charge in [0.1, 0.15) is 11.3 Å². The van der Waals surface area contributed by atoms with Gasteiger partial charge in [-0.2, -0.15) is 0 Å². The van der Waals surface area contributed by atoms with Crippen molar-refractivity contribution in [2.45, 2.75) is 38.3 Å². The van der Waals surface area contributed by atoms with Gasteiger partial charge in [0.05, 0.1) is 18.0 Å². The average Bonchev–Trinajstić information content (AvgIpc) is 2.91. The summed E-state index contributed by atoms with van der Waals surface area (Å²) < 4.78 is 7.79. The summed E-state index contributed by atoms with van der Waals surface area (Å²) in [7, 11) is 0. The monoisotopic (exact) mass is 265 g/mol. The summed E-state index contributed by atoms with van der Waals surface area (Å²) in [6.07, 6.45) is 3.05. The largest absolute Gasteiger partial charge is 0.376 e. The molecule has 0 amide bonds. The topological polar surface area (TPSA) is 39.9 Å². The van der Waals surface area contributed by atoms with Crippen LogP contribution in [-0.2, 0) is 10.6 Å². The Balaban J connectivity index is 2.19. The number of nitrogens with zero attached hydrogens (tertiary/aromatic N) is 3. The van der Waals surface area contributed by atoms with Gasteiger partial charge in [-0.15, -0.1) is 11.6 Å². The molecule has 96 valence electrons. The van der Waals surface area contributed by atoms with Crippen molar-refractivity contribution in [3.63, 3.8) is 0 Å². The Morgan fingerprint density at radius 2 is 2.39 bits per heavy atom. The summed E-state index contributed by atoms with van der Waals surface area (Å²) in [6.45, 7) is 4.90. The Morgan fingerprint density at radius 1 is 1.56 bits per heavy atom. The van der Waals surface area contributed by atoms with Gasteiger partial charge < -0.3 is 9.30 Å². The fourth-order valence-corrected chi connectivity index (χ4v) is 2.82. The zero-order chi connectivity index (χ0) is 12.7. The number of rotatable bonds is 2. The summed E-state index contributed by atoms with van der Waals surface area (Å²) in [5, 5.41) is 0. The SMILES string of the molecule is Cc1cnc2c(c1)nc(CCl)n2C1CCOC1C. The van der Waals surface area contributed by atoms with E-state index >= 15 is 0 Å². The molecule has 3 heterocycles. The number of ether oxygens (including phenoxy) is 1. The first-order valence-electron chi connectivity index (χ1n) is 6.21. The smallest absolute Gasteiger partial charge is 0.160 e. The molecule has 0 bridgehead atoms. The Labute approximate surface area is 111 Å². The van der Waals surface area contributed by atoms with Crippen molar-refractivity contribution in [3.05, 3.63) is 23.7 Å². The first kappa shape index (κ1) is 11.9. The lowest BCUT2D eigenvalue weighted by atomic mass is 10.1. The zero-order valence-electron chi connectivity index (χ0n) is 10.6. The van der Waals surface area contributed by atoms with Gasteiger partial charge in [-0.1, -0.05) is 0 Å². The van der Waals surface area contributed by atoms with E-state index in [0.717, 1.165) is 35.6 Å². The highest BCUT2D eigenvalue weighted by Gasteiger charge is 2.29. The fourth-order valence-electron chi connectivity index (χ4n) is 2.63. The second kappa shape index (κ2) is 4.52. The predicted octanol–water partition coefficient (Wildman–Crippen LogP) is 2.83. The van der Waals surface area contributed by atoms with Crippen LogP contribution >= 0.6 is 11.6 Å². The second-order valence-electron chi connectivity index (χ2n) is 4.82. The fraction of sp³-hybridized carbons (Fsp3) is 0.538. The van der Waals surface area contributed by atoms with Crippen LogP contribution in [0, 0.1) is 6.92 Å². The first-order chi connectivity index (χ1) is 8.70. The van der Waals surface area contributed by atoms with Gasteiger partial charge in [-0.25, -0.2) is 9.97 Å². The molecule has 0 saturated carbocycles. The van der Waals surface area contributed by atoms with Crippen LogP contribution in [-0.4, -0.2) is 27.2 Å². The Hall–Kier alpha value is -1.13. The molecule has 4 nitrogen and oxygen atoms in total. The minimum Gasteiger partial charge on any atom is -0.376 e. The molecule has 0 aromatic carbocycles. The highest BCUT2D eigenvalue weighted by Crippen LogP contribution is 2.31. The number of aromatic nitrogens is 3. The lowest BCUT2D eigenvalue weighted by Crippen LogP contribution is -2.19. The minimum absolute atomic E-state index is 0.187. The molecule has 0 N–H and O–H groups in total. The number of aryl methyl sites for hydroxylation is 1. The number of hydrogen-bond donors (Lipinski definition) is 0. The maximum Gasteiger partial charge on any atom is 0.160 e. The molecule has 0 spiro atoms. The van der Waals surface area contributed by atoms with Crippen molar-refractivity contribution in [1.29, 1.82) is 0 Å². The molecule has 1 aliphatic rings. The van der Waals surface area contributed by atoms with E-state index in [1.165, 1.54) is 0 Å². The van der Waals surface area contributed by atoms with E-state index in [0.29, 0.717) is 11.9 Å². The summed E-state index contributed by atoms with van der Waals surface area (Å²) in [4.78, 5) is 9.10. The molecular weight excluding hydrogens is 250 g/mol. The number of fused-ring (bicyclic) bond motifs is 1. The normalized spacial score (nSPS) is 23.9. The molecular formula is C13H16ClN3O. The molecule has 0 aliphatic carbocycles. The van der Waals surface area contributed by atoms with Crippen LogP contribution in [0.15, 0.2) is 12.3 Å². The van der Waals surface area contributed by atoms with Crippen LogP contribution < -0.4 is 0 Å². The molecule has 2 aromatic heterocycles. The third-order valence-electron chi connectivity index (χ3n) is 3.53. The van der Waals surface area contributed by atoms with Crippen molar-refractivity contribution in [2.75, 3.05) is 6.61 Å². The molecule has 1 aliphatic heterocycles. The van der Waals surface area contributed by atoms with Crippen molar-refractivity contribution >= 4 is 22.8 Å². The third kappa shape index (κ3) is 1.80. The molecule has 1 saturated heterocycles.